The molecule has 1 unspecified atom stereocenters. The molecule has 0 saturated carbocycles. The van der Waals surface area contributed by atoms with Crippen molar-refractivity contribution in [2.75, 3.05) is 18.1 Å². The standard InChI is InChI=1S/C14H14FNO2S/c15-13-8-10(2-1-6-17)3-4-12(13)14(18)16-11-5-7-19-9-11/h3-4,8,11,17H,5-7,9H2,(H,16,18). The monoisotopic (exact) mass is 279 g/mol. The molecule has 5 heteroatoms. The van der Waals surface area contributed by atoms with Crippen molar-refractivity contribution in [3.05, 3.63) is 35.1 Å². The molecule has 0 spiro atoms. The van der Waals surface area contributed by atoms with Gasteiger partial charge in [0.2, 0.25) is 0 Å². The van der Waals surface area contributed by atoms with Crippen molar-refractivity contribution in [1.29, 1.82) is 0 Å². The first kappa shape index (κ1) is 13.9. The zero-order valence-electron chi connectivity index (χ0n) is 10.3. The van der Waals surface area contributed by atoms with E-state index in [9.17, 15) is 9.18 Å². The Morgan fingerprint density at radius 1 is 1.58 bits per heavy atom. The minimum Gasteiger partial charge on any atom is -0.384 e. The predicted octanol–water partition coefficient (Wildman–Crippen LogP) is 1.40. The van der Waals surface area contributed by atoms with Crippen LogP contribution in [0.25, 0.3) is 0 Å². The van der Waals surface area contributed by atoms with Gasteiger partial charge in [-0.05, 0) is 30.4 Å². The number of aliphatic hydroxyl groups is 1. The highest BCUT2D eigenvalue weighted by molar-refractivity contribution is 7.99. The van der Waals surface area contributed by atoms with Gasteiger partial charge in [0.25, 0.3) is 5.91 Å². The Kier molecular flexibility index (Phi) is 4.83. The summed E-state index contributed by atoms with van der Waals surface area (Å²) in [4.78, 5) is 11.9. The number of carbonyl (C=O) groups excluding carboxylic acids is 1. The highest BCUT2D eigenvalue weighted by atomic mass is 32.2. The Hall–Kier alpha value is -1.51. The number of thioether (sulfide) groups is 1. The Morgan fingerprint density at radius 3 is 3.05 bits per heavy atom. The van der Waals surface area contributed by atoms with Gasteiger partial charge in [0.1, 0.15) is 12.4 Å². The van der Waals surface area contributed by atoms with Gasteiger partial charge in [-0.25, -0.2) is 4.39 Å². The fourth-order valence-corrected chi connectivity index (χ4v) is 2.98. The van der Waals surface area contributed by atoms with Crippen LogP contribution in [0, 0.1) is 17.7 Å². The smallest absolute Gasteiger partial charge is 0.254 e. The zero-order chi connectivity index (χ0) is 13.7. The second kappa shape index (κ2) is 6.60. The van der Waals surface area contributed by atoms with Gasteiger partial charge in [0, 0.05) is 17.4 Å². The maximum absolute atomic E-state index is 13.8. The topological polar surface area (TPSA) is 49.3 Å². The molecule has 1 atom stereocenters. The van der Waals surface area contributed by atoms with E-state index in [1.807, 2.05) is 0 Å². The maximum atomic E-state index is 13.8. The van der Waals surface area contributed by atoms with Crippen LogP contribution in [0.4, 0.5) is 4.39 Å². The number of amides is 1. The summed E-state index contributed by atoms with van der Waals surface area (Å²) in [5, 5.41) is 11.4. The van der Waals surface area contributed by atoms with E-state index in [2.05, 4.69) is 17.2 Å². The van der Waals surface area contributed by atoms with Crippen LogP contribution >= 0.6 is 11.8 Å². The molecule has 1 aliphatic rings. The van der Waals surface area contributed by atoms with Crippen LogP contribution in [0.2, 0.25) is 0 Å². The van der Waals surface area contributed by atoms with Gasteiger partial charge in [-0.1, -0.05) is 11.8 Å². The van der Waals surface area contributed by atoms with Crippen molar-refractivity contribution < 1.29 is 14.3 Å². The number of hydrogen-bond acceptors (Lipinski definition) is 3. The summed E-state index contributed by atoms with van der Waals surface area (Å²) in [7, 11) is 0. The van der Waals surface area contributed by atoms with E-state index >= 15 is 0 Å². The third-order valence-electron chi connectivity index (χ3n) is 2.79. The highest BCUT2D eigenvalue weighted by Gasteiger charge is 2.20. The lowest BCUT2D eigenvalue weighted by molar-refractivity contribution is 0.0937. The molecular weight excluding hydrogens is 265 g/mol. The second-order valence-corrected chi connectivity index (χ2v) is 5.34. The largest absolute Gasteiger partial charge is 0.384 e. The number of rotatable bonds is 2. The van der Waals surface area contributed by atoms with Crippen LogP contribution in [0.1, 0.15) is 22.3 Å². The molecule has 2 rings (SSSR count). The van der Waals surface area contributed by atoms with Gasteiger partial charge in [-0.2, -0.15) is 11.8 Å². The van der Waals surface area contributed by atoms with Crippen LogP contribution in [-0.4, -0.2) is 35.2 Å². The molecule has 1 amide bonds. The Bertz CT molecular complexity index is 530. The minimum absolute atomic E-state index is 0.0337. The molecule has 1 aromatic carbocycles. The normalized spacial score (nSPS) is 17.7. The van der Waals surface area contributed by atoms with Crippen LogP contribution < -0.4 is 5.32 Å². The van der Waals surface area contributed by atoms with E-state index in [1.165, 1.54) is 12.1 Å². The van der Waals surface area contributed by atoms with Crippen molar-refractivity contribution in [2.45, 2.75) is 12.5 Å². The number of aliphatic hydroxyl groups excluding tert-OH is 1. The van der Waals surface area contributed by atoms with Crippen molar-refractivity contribution >= 4 is 17.7 Å². The number of benzene rings is 1. The Morgan fingerprint density at radius 2 is 2.42 bits per heavy atom. The lowest BCUT2D eigenvalue weighted by atomic mass is 10.1. The van der Waals surface area contributed by atoms with Gasteiger partial charge in [-0.3, -0.25) is 4.79 Å². The molecule has 1 saturated heterocycles. The first-order valence-electron chi connectivity index (χ1n) is 5.98. The Balaban J connectivity index is 2.09. The van der Waals surface area contributed by atoms with E-state index in [1.54, 1.807) is 17.8 Å². The molecule has 3 nitrogen and oxygen atoms in total. The molecule has 0 aromatic heterocycles. The minimum atomic E-state index is -0.590. The average molecular weight is 279 g/mol. The van der Waals surface area contributed by atoms with Gasteiger partial charge >= 0.3 is 0 Å². The molecule has 0 radical (unpaired) electrons. The van der Waals surface area contributed by atoms with Gasteiger partial charge in [0.05, 0.1) is 5.56 Å². The van der Waals surface area contributed by atoms with Crippen LogP contribution in [0.5, 0.6) is 0 Å². The molecule has 1 aliphatic heterocycles. The SMILES string of the molecule is O=C(NC1CCSC1)c1ccc(C#CCO)cc1F. The molecular formula is C14H14FNO2S. The number of halogens is 1. The molecule has 100 valence electrons. The molecule has 1 heterocycles. The molecule has 2 N–H and O–H groups in total. The van der Waals surface area contributed by atoms with Gasteiger partial charge in [0.15, 0.2) is 0 Å². The maximum Gasteiger partial charge on any atom is 0.254 e. The van der Waals surface area contributed by atoms with Crippen LogP contribution in [0.15, 0.2) is 18.2 Å². The van der Waals surface area contributed by atoms with E-state index < -0.39 is 5.82 Å². The lowest BCUT2D eigenvalue weighted by Gasteiger charge is -2.11. The Labute approximate surface area is 115 Å². The first-order chi connectivity index (χ1) is 9.20. The summed E-state index contributed by atoms with van der Waals surface area (Å²) in [6.07, 6.45) is 0.929. The zero-order valence-corrected chi connectivity index (χ0v) is 11.1. The quantitative estimate of drug-likeness (QED) is 0.805. The summed E-state index contributed by atoms with van der Waals surface area (Å²) in [5.74, 6) is 5.97. The highest BCUT2D eigenvalue weighted by Crippen LogP contribution is 2.18. The fourth-order valence-electron chi connectivity index (χ4n) is 1.83. The fraction of sp³-hybridized carbons (Fsp3) is 0.357. The van der Waals surface area contributed by atoms with Crippen molar-refractivity contribution in [2.24, 2.45) is 0 Å². The summed E-state index contributed by atoms with van der Waals surface area (Å²) < 4.78 is 13.8. The van der Waals surface area contributed by atoms with Gasteiger partial charge < -0.3 is 10.4 Å². The van der Waals surface area contributed by atoms with Crippen molar-refractivity contribution in [3.8, 4) is 11.8 Å². The van der Waals surface area contributed by atoms with E-state index in [0.717, 1.165) is 17.9 Å². The number of carbonyl (C=O) groups is 1. The summed E-state index contributed by atoms with van der Waals surface area (Å²) in [6.45, 7) is -0.275. The van der Waals surface area contributed by atoms with E-state index in [0.29, 0.717) is 5.56 Å². The molecule has 1 aromatic rings. The third-order valence-corrected chi connectivity index (χ3v) is 3.95. The lowest BCUT2D eigenvalue weighted by Crippen LogP contribution is -2.35. The summed E-state index contributed by atoms with van der Waals surface area (Å²) in [6, 6.07) is 4.34. The summed E-state index contributed by atoms with van der Waals surface area (Å²) in [5.41, 5.74) is 0.478. The van der Waals surface area contributed by atoms with Crippen LogP contribution in [0.3, 0.4) is 0 Å². The molecule has 1 fully saturated rings. The first-order valence-corrected chi connectivity index (χ1v) is 7.14. The van der Waals surface area contributed by atoms with Crippen molar-refractivity contribution in [3.63, 3.8) is 0 Å². The second-order valence-electron chi connectivity index (χ2n) is 4.19. The van der Waals surface area contributed by atoms with Crippen molar-refractivity contribution in [1.82, 2.24) is 5.32 Å². The van der Waals surface area contributed by atoms with Gasteiger partial charge in [-0.15, -0.1) is 0 Å². The average Bonchev–Trinajstić information content (AvgIpc) is 2.89. The molecule has 0 bridgehead atoms. The molecule has 19 heavy (non-hydrogen) atoms. The van der Waals surface area contributed by atoms with E-state index in [4.69, 9.17) is 5.11 Å². The third kappa shape index (κ3) is 3.72. The number of nitrogens with one attached hydrogen (secondary N) is 1. The van der Waals surface area contributed by atoms with E-state index in [-0.39, 0.29) is 24.1 Å². The number of hydrogen-bond donors (Lipinski definition) is 2. The van der Waals surface area contributed by atoms with Crippen LogP contribution in [-0.2, 0) is 0 Å². The predicted molar refractivity (Wildman–Crippen MR) is 73.6 cm³/mol. The summed E-state index contributed by atoms with van der Waals surface area (Å²) >= 11 is 1.78. The molecule has 0 aliphatic carbocycles.